The fraction of sp³-hybridized carbons (Fsp3) is 0.538. The third-order valence-corrected chi connectivity index (χ3v) is 3.65. The SMILES string of the molecule is CCCC1CCN(C(=O)c2nc(N)ccc2Cl)C1. The van der Waals surface area contributed by atoms with Gasteiger partial charge in [-0.15, -0.1) is 0 Å². The third kappa shape index (κ3) is 2.75. The zero-order valence-electron chi connectivity index (χ0n) is 10.5. The van der Waals surface area contributed by atoms with Crippen LogP contribution in [0.1, 0.15) is 36.7 Å². The highest BCUT2D eigenvalue weighted by Crippen LogP contribution is 2.24. The molecule has 98 valence electrons. The number of hydrogen-bond acceptors (Lipinski definition) is 3. The average Bonchev–Trinajstić information content (AvgIpc) is 2.80. The monoisotopic (exact) mass is 267 g/mol. The molecule has 1 saturated heterocycles. The first-order valence-corrected chi connectivity index (χ1v) is 6.71. The summed E-state index contributed by atoms with van der Waals surface area (Å²) in [6, 6.07) is 3.22. The minimum Gasteiger partial charge on any atom is -0.384 e. The first kappa shape index (κ1) is 13.1. The molecule has 18 heavy (non-hydrogen) atoms. The average molecular weight is 268 g/mol. The van der Waals surface area contributed by atoms with Crippen LogP contribution in [0.3, 0.4) is 0 Å². The highest BCUT2D eigenvalue weighted by atomic mass is 35.5. The molecular weight excluding hydrogens is 250 g/mol. The van der Waals surface area contributed by atoms with Crippen molar-refractivity contribution in [1.29, 1.82) is 0 Å². The van der Waals surface area contributed by atoms with Crippen molar-refractivity contribution in [2.24, 2.45) is 5.92 Å². The molecule has 0 bridgehead atoms. The van der Waals surface area contributed by atoms with Crippen LogP contribution in [0.2, 0.25) is 5.02 Å². The molecular formula is C13H18ClN3O. The number of aromatic nitrogens is 1. The Morgan fingerprint density at radius 2 is 2.39 bits per heavy atom. The standard InChI is InChI=1S/C13H18ClN3O/c1-2-3-9-6-7-17(8-9)13(18)12-10(14)4-5-11(15)16-12/h4-5,9H,2-3,6-8H2,1H3,(H2,15,16). The Labute approximate surface area is 112 Å². The molecule has 5 heteroatoms. The van der Waals surface area contributed by atoms with E-state index in [1.54, 1.807) is 12.1 Å². The van der Waals surface area contributed by atoms with Crippen molar-refractivity contribution < 1.29 is 4.79 Å². The second-order valence-electron chi connectivity index (χ2n) is 4.76. The maximum Gasteiger partial charge on any atom is 0.274 e. The lowest BCUT2D eigenvalue weighted by atomic mass is 10.0. The van der Waals surface area contributed by atoms with E-state index in [1.807, 2.05) is 4.90 Å². The van der Waals surface area contributed by atoms with Gasteiger partial charge in [0.2, 0.25) is 0 Å². The van der Waals surface area contributed by atoms with E-state index in [2.05, 4.69) is 11.9 Å². The van der Waals surface area contributed by atoms with Crippen LogP contribution in [0.5, 0.6) is 0 Å². The summed E-state index contributed by atoms with van der Waals surface area (Å²) in [5, 5.41) is 0.369. The molecule has 0 saturated carbocycles. The molecule has 0 aliphatic carbocycles. The number of nitrogen functional groups attached to an aromatic ring is 1. The minimum atomic E-state index is -0.106. The summed E-state index contributed by atoms with van der Waals surface area (Å²) in [4.78, 5) is 18.2. The second-order valence-corrected chi connectivity index (χ2v) is 5.17. The van der Waals surface area contributed by atoms with Gasteiger partial charge in [0, 0.05) is 13.1 Å². The first-order valence-electron chi connectivity index (χ1n) is 6.33. The molecule has 0 radical (unpaired) electrons. The van der Waals surface area contributed by atoms with Crippen LogP contribution in [0, 0.1) is 5.92 Å². The number of hydrogen-bond donors (Lipinski definition) is 1. The van der Waals surface area contributed by atoms with Crippen LogP contribution >= 0.6 is 11.6 Å². The summed E-state index contributed by atoms with van der Waals surface area (Å²) in [6.45, 7) is 3.76. The lowest BCUT2D eigenvalue weighted by molar-refractivity contribution is 0.0781. The molecule has 2 rings (SSSR count). The van der Waals surface area contributed by atoms with Gasteiger partial charge in [-0.2, -0.15) is 0 Å². The van der Waals surface area contributed by atoms with Gasteiger partial charge in [-0.25, -0.2) is 4.98 Å². The quantitative estimate of drug-likeness (QED) is 0.916. The second kappa shape index (κ2) is 5.57. The van der Waals surface area contributed by atoms with Crippen LogP contribution in [0.4, 0.5) is 5.82 Å². The molecule has 0 aromatic carbocycles. The number of rotatable bonds is 3. The predicted octanol–water partition coefficient (Wildman–Crippen LogP) is 2.58. The molecule has 2 heterocycles. The van der Waals surface area contributed by atoms with Crippen molar-refractivity contribution in [2.45, 2.75) is 26.2 Å². The normalized spacial score (nSPS) is 19.2. The van der Waals surface area contributed by atoms with Crippen LogP contribution in [-0.2, 0) is 0 Å². The molecule has 1 aliphatic rings. The Bertz CT molecular complexity index is 450. The molecule has 1 aliphatic heterocycles. The Balaban J connectivity index is 2.10. The van der Waals surface area contributed by atoms with E-state index in [0.29, 0.717) is 16.8 Å². The zero-order chi connectivity index (χ0) is 13.1. The van der Waals surface area contributed by atoms with Gasteiger partial charge in [0.05, 0.1) is 5.02 Å². The molecule has 1 fully saturated rings. The summed E-state index contributed by atoms with van der Waals surface area (Å²) in [5.41, 5.74) is 5.87. The van der Waals surface area contributed by atoms with Gasteiger partial charge in [-0.3, -0.25) is 4.79 Å². The van der Waals surface area contributed by atoms with Crippen molar-refractivity contribution in [2.75, 3.05) is 18.8 Å². The molecule has 1 unspecified atom stereocenters. The summed E-state index contributed by atoms with van der Waals surface area (Å²) in [7, 11) is 0. The predicted molar refractivity (Wildman–Crippen MR) is 72.6 cm³/mol. The molecule has 1 aromatic heterocycles. The highest BCUT2D eigenvalue weighted by Gasteiger charge is 2.28. The van der Waals surface area contributed by atoms with E-state index in [0.717, 1.165) is 25.9 Å². The maximum absolute atomic E-state index is 12.3. The number of halogens is 1. The summed E-state index contributed by atoms with van der Waals surface area (Å²) in [5.74, 6) is 0.830. The Kier molecular flexibility index (Phi) is 4.07. The van der Waals surface area contributed by atoms with E-state index < -0.39 is 0 Å². The van der Waals surface area contributed by atoms with Crippen LogP contribution < -0.4 is 5.73 Å². The largest absolute Gasteiger partial charge is 0.384 e. The number of nitrogens with zero attached hydrogens (tertiary/aromatic N) is 2. The van der Waals surface area contributed by atoms with Crippen molar-refractivity contribution >= 4 is 23.3 Å². The van der Waals surface area contributed by atoms with Crippen LogP contribution in [0.25, 0.3) is 0 Å². The number of carbonyl (C=O) groups is 1. The van der Waals surface area contributed by atoms with E-state index in [1.165, 1.54) is 6.42 Å². The molecule has 1 amide bonds. The van der Waals surface area contributed by atoms with E-state index in [-0.39, 0.29) is 11.6 Å². The molecule has 1 aromatic rings. The van der Waals surface area contributed by atoms with Crippen LogP contribution in [-0.4, -0.2) is 28.9 Å². The topological polar surface area (TPSA) is 59.2 Å². The van der Waals surface area contributed by atoms with E-state index in [9.17, 15) is 4.79 Å². The first-order chi connectivity index (χ1) is 8.61. The third-order valence-electron chi connectivity index (χ3n) is 3.34. The van der Waals surface area contributed by atoms with Crippen molar-refractivity contribution in [1.82, 2.24) is 9.88 Å². The van der Waals surface area contributed by atoms with Gasteiger partial charge >= 0.3 is 0 Å². The van der Waals surface area contributed by atoms with E-state index in [4.69, 9.17) is 17.3 Å². The van der Waals surface area contributed by atoms with Crippen molar-refractivity contribution in [3.05, 3.63) is 22.8 Å². The van der Waals surface area contributed by atoms with Gasteiger partial charge in [-0.1, -0.05) is 24.9 Å². The van der Waals surface area contributed by atoms with Gasteiger partial charge in [0.25, 0.3) is 5.91 Å². The highest BCUT2D eigenvalue weighted by molar-refractivity contribution is 6.33. The Hall–Kier alpha value is -1.29. The number of carbonyl (C=O) groups excluding carboxylic acids is 1. The number of pyridine rings is 1. The van der Waals surface area contributed by atoms with Crippen LogP contribution in [0.15, 0.2) is 12.1 Å². The molecule has 2 N–H and O–H groups in total. The lowest BCUT2D eigenvalue weighted by Gasteiger charge is -2.16. The van der Waals surface area contributed by atoms with Gasteiger partial charge in [-0.05, 0) is 30.9 Å². The molecule has 1 atom stereocenters. The number of anilines is 1. The van der Waals surface area contributed by atoms with Gasteiger partial charge in [0.1, 0.15) is 11.5 Å². The van der Waals surface area contributed by atoms with Crippen molar-refractivity contribution in [3.8, 4) is 0 Å². The minimum absolute atomic E-state index is 0.106. The smallest absolute Gasteiger partial charge is 0.274 e. The van der Waals surface area contributed by atoms with Crippen molar-refractivity contribution in [3.63, 3.8) is 0 Å². The Morgan fingerprint density at radius 3 is 3.11 bits per heavy atom. The zero-order valence-corrected chi connectivity index (χ0v) is 11.3. The summed E-state index contributed by atoms with van der Waals surface area (Å²) in [6.07, 6.45) is 3.39. The van der Waals surface area contributed by atoms with E-state index >= 15 is 0 Å². The number of nitrogens with two attached hydrogens (primary N) is 1. The van der Waals surface area contributed by atoms with Gasteiger partial charge < -0.3 is 10.6 Å². The maximum atomic E-state index is 12.3. The number of amides is 1. The van der Waals surface area contributed by atoms with Gasteiger partial charge in [0.15, 0.2) is 0 Å². The molecule has 4 nitrogen and oxygen atoms in total. The fourth-order valence-corrected chi connectivity index (χ4v) is 2.60. The fourth-order valence-electron chi connectivity index (χ4n) is 2.42. The summed E-state index contributed by atoms with van der Waals surface area (Å²) >= 11 is 6.00. The summed E-state index contributed by atoms with van der Waals surface area (Å²) < 4.78 is 0. The lowest BCUT2D eigenvalue weighted by Crippen LogP contribution is -2.29. The Morgan fingerprint density at radius 1 is 1.61 bits per heavy atom. The molecule has 0 spiro atoms. The number of likely N-dealkylation sites (tertiary alicyclic amines) is 1.